The number of aliphatic hydroxyl groups is 1. The van der Waals surface area contributed by atoms with E-state index in [-0.39, 0.29) is 35.5 Å². The fraction of sp³-hybridized carbons (Fsp3) is 0.412. The number of Topliss-reactive ketones (excluding diaryl/α,β-unsaturated/α-hetero) is 2. The Morgan fingerprint density at radius 1 is 1.15 bits per heavy atom. The van der Waals surface area contributed by atoms with Crippen LogP contribution in [-0.2, 0) is 14.4 Å². The highest BCUT2D eigenvalue weighted by atomic mass is 16.2. The molecular weight excluding hydrogens is 340 g/mol. The number of hydrogen-bond acceptors (Lipinski definition) is 7. The molecule has 0 radical (unpaired) electrons. The van der Waals surface area contributed by atoms with E-state index in [9.17, 15) is 19.2 Å². The average Bonchev–Trinajstić information content (AvgIpc) is 2.48. The number of aromatic amines is 1. The number of aromatic nitrogens is 1. The summed E-state index contributed by atoms with van der Waals surface area (Å²) in [4.78, 5) is 43.2. The number of amides is 1. The highest BCUT2D eigenvalue weighted by Gasteiger charge is 2.01. The van der Waals surface area contributed by atoms with Crippen molar-refractivity contribution in [2.75, 3.05) is 7.11 Å². The molecule has 142 valence electrons. The van der Waals surface area contributed by atoms with Gasteiger partial charge in [-0.3, -0.25) is 19.2 Å². The monoisotopic (exact) mass is 364 g/mol. The van der Waals surface area contributed by atoms with Gasteiger partial charge >= 0.3 is 0 Å². The number of nitrogens with one attached hydrogen (secondary N) is 1. The second kappa shape index (κ2) is 16.6. The van der Waals surface area contributed by atoms with E-state index in [1.54, 1.807) is 26.0 Å². The maximum atomic E-state index is 11.0. The largest absolute Gasteiger partial charge is 0.400 e. The quantitative estimate of drug-likeness (QED) is 0.650. The molecule has 1 amide bonds. The maximum absolute atomic E-state index is 11.0. The predicted octanol–water partition coefficient (Wildman–Crippen LogP) is 0.412. The Hall–Kier alpha value is -3.30. The Balaban J connectivity index is -0.000000308. The lowest BCUT2D eigenvalue weighted by molar-refractivity contribution is -0.124. The fourth-order valence-corrected chi connectivity index (χ4v) is 1.42. The molecule has 0 spiro atoms. The second-order valence-electron chi connectivity index (χ2n) is 4.83. The number of pyridine rings is 1. The van der Waals surface area contributed by atoms with Crippen LogP contribution in [0.5, 0.6) is 0 Å². The SMILES string of the molecule is CC(=O)CC(C)=O.CO.Cc1cc(C)c(C#N)c(=O)[nH]1.N#CCC(N)=O. The summed E-state index contributed by atoms with van der Waals surface area (Å²) in [5, 5.41) is 23.2. The van der Waals surface area contributed by atoms with Crippen LogP contribution in [0.4, 0.5) is 0 Å². The van der Waals surface area contributed by atoms with Crippen LogP contribution in [0.2, 0.25) is 0 Å². The minimum atomic E-state index is -0.572. The summed E-state index contributed by atoms with van der Waals surface area (Å²) in [6.07, 6.45) is -0.0972. The first-order valence-electron chi connectivity index (χ1n) is 7.24. The number of aliphatic hydroxyl groups excluding tert-OH is 1. The van der Waals surface area contributed by atoms with Crippen LogP contribution < -0.4 is 11.3 Å². The van der Waals surface area contributed by atoms with E-state index in [0.29, 0.717) is 0 Å². The molecular formula is C17H24N4O5. The molecule has 0 aliphatic heterocycles. The molecule has 0 atom stereocenters. The molecule has 0 aliphatic rings. The molecule has 4 N–H and O–H groups in total. The van der Waals surface area contributed by atoms with Gasteiger partial charge in [0.1, 0.15) is 29.6 Å². The third-order valence-electron chi connectivity index (χ3n) is 2.23. The van der Waals surface area contributed by atoms with Gasteiger partial charge in [0.15, 0.2) is 0 Å². The van der Waals surface area contributed by atoms with Crippen molar-refractivity contribution in [3.05, 3.63) is 33.2 Å². The molecule has 26 heavy (non-hydrogen) atoms. The zero-order chi connectivity index (χ0) is 21.3. The van der Waals surface area contributed by atoms with Crippen LogP contribution in [0.1, 0.15) is 43.5 Å². The first-order valence-corrected chi connectivity index (χ1v) is 7.24. The summed E-state index contributed by atoms with van der Waals surface area (Å²) in [6, 6.07) is 5.22. The molecule has 1 aromatic heterocycles. The van der Waals surface area contributed by atoms with Crippen LogP contribution in [0.3, 0.4) is 0 Å². The number of primary amides is 1. The van der Waals surface area contributed by atoms with Gasteiger partial charge in [-0.05, 0) is 39.3 Å². The lowest BCUT2D eigenvalue weighted by atomic mass is 10.1. The Morgan fingerprint density at radius 2 is 1.62 bits per heavy atom. The van der Waals surface area contributed by atoms with Crippen LogP contribution >= 0.6 is 0 Å². The molecule has 0 unspecified atom stereocenters. The smallest absolute Gasteiger partial charge is 0.266 e. The van der Waals surface area contributed by atoms with Crippen LogP contribution in [0, 0.1) is 36.5 Å². The van der Waals surface area contributed by atoms with Gasteiger partial charge in [-0.1, -0.05) is 0 Å². The number of aryl methyl sites for hydroxylation is 2. The molecule has 0 aliphatic carbocycles. The molecule has 1 aromatic rings. The van der Waals surface area contributed by atoms with E-state index >= 15 is 0 Å². The number of rotatable bonds is 3. The average molecular weight is 364 g/mol. The van der Waals surface area contributed by atoms with Crippen molar-refractivity contribution < 1.29 is 19.5 Å². The molecule has 0 bridgehead atoms. The number of carbonyl (C=O) groups is 3. The zero-order valence-corrected chi connectivity index (χ0v) is 15.5. The summed E-state index contributed by atoms with van der Waals surface area (Å²) in [7, 11) is 1.00. The van der Waals surface area contributed by atoms with Gasteiger partial charge in [-0.25, -0.2) is 0 Å². The summed E-state index contributed by atoms with van der Waals surface area (Å²) in [6.45, 7) is 6.35. The number of hydrogen-bond donors (Lipinski definition) is 3. The molecule has 0 saturated carbocycles. The predicted molar refractivity (Wildman–Crippen MR) is 94.8 cm³/mol. The lowest BCUT2D eigenvalue weighted by Crippen LogP contribution is -2.12. The molecule has 0 fully saturated rings. The number of nitrogens with two attached hydrogens (primary N) is 1. The van der Waals surface area contributed by atoms with Crippen LogP contribution in [0.25, 0.3) is 0 Å². The highest BCUT2D eigenvalue weighted by Crippen LogP contribution is 2.00. The van der Waals surface area contributed by atoms with Crippen LogP contribution in [0.15, 0.2) is 10.9 Å². The van der Waals surface area contributed by atoms with Crippen molar-refractivity contribution in [3.63, 3.8) is 0 Å². The van der Waals surface area contributed by atoms with Crippen molar-refractivity contribution in [1.29, 1.82) is 10.5 Å². The Bertz CT molecular complexity index is 727. The first kappa shape index (κ1) is 27.5. The van der Waals surface area contributed by atoms with Crippen molar-refractivity contribution in [2.24, 2.45) is 5.73 Å². The topological polar surface area (TPSA) is 178 Å². The van der Waals surface area contributed by atoms with Crippen molar-refractivity contribution >= 4 is 17.5 Å². The minimum absolute atomic E-state index is 0.0625. The third kappa shape index (κ3) is 17.1. The third-order valence-corrected chi connectivity index (χ3v) is 2.23. The fourth-order valence-electron chi connectivity index (χ4n) is 1.42. The summed E-state index contributed by atoms with van der Waals surface area (Å²) in [5.41, 5.74) is 5.96. The highest BCUT2D eigenvalue weighted by molar-refractivity contribution is 5.96. The van der Waals surface area contributed by atoms with E-state index in [4.69, 9.17) is 15.6 Å². The standard InChI is InChI=1S/C8H8N2O.C5H8O2.C3H4N2O.CH4O/c1-5-3-6(2)10-8(11)7(5)4-9;1-4(6)3-5(2)7;4-2-1-3(5)6;1-2/h3H,1-2H3,(H,10,11);3H2,1-2H3;1H2,(H2,5,6);2H,1H3. The summed E-state index contributed by atoms with van der Waals surface area (Å²) >= 11 is 0. The van der Waals surface area contributed by atoms with E-state index < -0.39 is 5.91 Å². The zero-order valence-electron chi connectivity index (χ0n) is 15.5. The van der Waals surface area contributed by atoms with E-state index in [1.807, 2.05) is 6.07 Å². The van der Waals surface area contributed by atoms with Crippen molar-refractivity contribution in [1.82, 2.24) is 4.98 Å². The van der Waals surface area contributed by atoms with Gasteiger partial charge < -0.3 is 15.8 Å². The van der Waals surface area contributed by atoms with E-state index in [1.165, 1.54) is 13.8 Å². The van der Waals surface area contributed by atoms with Gasteiger partial charge in [0, 0.05) is 12.8 Å². The van der Waals surface area contributed by atoms with E-state index in [0.717, 1.165) is 18.4 Å². The number of H-pyrrole nitrogens is 1. The first-order chi connectivity index (χ1) is 12.0. The molecule has 1 rings (SSSR count). The lowest BCUT2D eigenvalue weighted by Gasteiger charge is -1.96. The molecule has 1 heterocycles. The van der Waals surface area contributed by atoms with Crippen molar-refractivity contribution in [3.8, 4) is 12.1 Å². The van der Waals surface area contributed by atoms with Crippen LogP contribution in [-0.4, -0.2) is 34.7 Å². The molecule has 0 aromatic carbocycles. The molecule has 0 saturated heterocycles. The molecule has 9 nitrogen and oxygen atoms in total. The van der Waals surface area contributed by atoms with Gasteiger partial charge in [-0.2, -0.15) is 10.5 Å². The number of carbonyl (C=O) groups excluding carboxylic acids is 3. The van der Waals surface area contributed by atoms with Gasteiger partial charge in [0.25, 0.3) is 5.56 Å². The number of nitrogens with zero attached hydrogens (tertiary/aromatic N) is 2. The normalized spacial score (nSPS) is 7.85. The Morgan fingerprint density at radius 3 is 1.81 bits per heavy atom. The second-order valence-corrected chi connectivity index (χ2v) is 4.83. The van der Waals surface area contributed by atoms with E-state index in [2.05, 4.69) is 10.7 Å². The van der Waals surface area contributed by atoms with Gasteiger partial charge in [0.2, 0.25) is 5.91 Å². The van der Waals surface area contributed by atoms with Gasteiger partial charge in [0.05, 0.1) is 12.5 Å². The van der Waals surface area contributed by atoms with Crippen molar-refractivity contribution in [2.45, 2.75) is 40.5 Å². The molecule has 9 heteroatoms. The Kier molecular flexibility index (Phi) is 17.5. The maximum Gasteiger partial charge on any atom is 0.266 e. The van der Waals surface area contributed by atoms with Gasteiger partial charge in [-0.15, -0.1) is 0 Å². The Labute approximate surface area is 152 Å². The number of nitriles is 2. The minimum Gasteiger partial charge on any atom is -0.400 e. The number of ketones is 2. The summed E-state index contributed by atoms with van der Waals surface area (Å²) in [5.74, 6) is -0.697. The summed E-state index contributed by atoms with van der Waals surface area (Å²) < 4.78 is 0.